The second-order valence-corrected chi connectivity index (χ2v) is 6.66. The highest BCUT2D eigenvalue weighted by atomic mass is 79.9. The number of methoxy groups -OCH3 is 2. The molecule has 4 heteroatoms. The fraction of sp³-hybridized carbons (Fsp3) is 0.600. The summed E-state index contributed by atoms with van der Waals surface area (Å²) in [5, 5.41) is 0. The molecule has 0 saturated heterocycles. The first-order valence-corrected chi connectivity index (χ1v) is 7.36. The minimum Gasteiger partial charge on any atom is -0.495 e. The van der Waals surface area contributed by atoms with Gasteiger partial charge in [-0.05, 0) is 46.3 Å². The molecule has 2 rings (SSSR count). The topological polar surface area (TPSA) is 44.5 Å². The average molecular weight is 328 g/mol. The van der Waals surface area contributed by atoms with Crippen LogP contribution in [-0.2, 0) is 5.54 Å². The van der Waals surface area contributed by atoms with E-state index in [2.05, 4.69) is 29.8 Å². The molecule has 2 N–H and O–H groups in total. The highest BCUT2D eigenvalue weighted by Crippen LogP contribution is 2.54. The third kappa shape index (κ3) is 2.15. The molecule has 19 heavy (non-hydrogen) atoms. The molecule has 1 atom stereocenters. The van der Waals surface area contributed by atoms with Crippen molar-refractivity contribution in [2.24, 2.45) is 11.1 Å². The van der Waals surface area contributed by atoms with Gasteiger partial charge in [-0.3, -0.25) is 0 Å². The Morgan fingerprint density at radius 2 is 1.84 bits per heavy atom. The predicted molar refractivity (Wildman–Crippen MR) is 80.7 cm³/mol. The first-order chi connectivity index (χ1) is 8.87. The van der Waals surface area contributed by atoms with E-state index in [1.54, 1.807) is 14.2 Å². The number of hydrogen-bond acceptors (Lipinski definition) is 3. The van der Waals surface area contributed by atoms with E-state index in [9.17, 15) is 0 Å². The molecule has 1 aliphatic rings. The molecule has 1 aliphatic carbocycles. The minimum atomic E-state index is -0.354. The summed E-state index contributed by atoms with van der Waals surface area (Å²) in [6, 6.07) is 3.99. The Kier molecular flexibility index (Phi) is 3.85. The van der Waals surface area contributed by atoms with Crippen LogP contribution in [0.4, 0.5) is 0 Å². The molecule has 0 amide bonds. The van der Waals surface area contributed by atoms with Gasteiger partial charge in [0.05, 0.1) is 14.2 Å². The summed E-state index contributed by atoms with van der Waals surface area (Å²) >= 11 is 3.56. The Morgan fingerprint density at radius 1 is 1.16 bits per heavy atom. The van der Waals surface area contributed by atoms with Gasteiger partial charge in [-0.15, -0.1) is 0 Å². The van der Waals surface area contributed by atoms with Crippen molar-refractivity contribution < 1.29 is 9.47 Å². The number of nitrogens with two attached hydrogens (primary N) is 1. The van der Waals surface area contributed by atoms with Crippen molar-refractivity contribution in [3.05, 3.63) is 22.2 Å². The summed E-state index contributed by atoms with van der Waals surface area (Å²) in [6.07, 6.45) is 3.27. The molecule has 1 fully saturated rings. The lowest BCUT2D eigenvalue weighted by Crippen LogP contribution is -2.46. The molecule has 1 saturated carbocycles. The lowest BCUT2D eigenvalue weighted by Gasteiger charge is -2.39. The van der Waals surface area contributed by atoms with Crippen LogP contribution in [0.25, 0.3) is 0 Å². The van der Waals surface area contributed by atoms with Crippen LogP contribution >= 0.6 is 15.9 Å². The van der Waals surface area contributed by atoms with Crippen LogP contribution < -0.4 is 15.2 Å². The normalized spacial score (nSPS) is 25.4. The lowest BCUT2D eigenvalue weighted by atomic mass is 9.71. The molecule has 1 aromatic carbocycles. The van der Waals surface area contributed by atoms with Gasteiger partial charge in [-0.25, -0.2) is 0 Å². The first kappa shape index (κ1) is 14.7. The standard InChI is InChI=1S/C15H22BrNO2/c1-14(2)8-5-9-15(14,17)10-6-7-11(18-3)12(16)13(10)19-4/h6-7H,5,8-9,17H2,1-4H3. The van der Waals surface area contributed by atoms with Crippen LogP contribution in [0.15, 0.2) is 16.6 Å². The van der Waals surface area contributed by atoms with Gasteiger partial charge in [0.2, 0.25) is 0 Å². The summed E-state index contributed by atoms with van der Waals surface area (Å²) in [6.45, 7) is 4.47. The van der Waals surface area contributed by atoms with E-state index in [0.717, 1.165) is 40.8 Å². The van der Waals surface area contributed by atoms with Crippen molar-refractivity contribution in [1.82, 2.24) is 0 Å². The van der Waals surface area contributed by atoms with Crippen molar-refractivity contribution in [3.63, 3.8) is 0 Å². The van der Waals surface area contributed by atoms with Gasteiger partial charge in [0.1, 0.15) is 16.0 Å². The number of benzene rings is 1. The van der Waals surface area contributed by atoms with E-state index in [-0.39, 0.29) is 11.0 Å². The van der Waals surface area contributed by atoms with Crippen LogP contribution in [0, 0.1) is 5.41 Å². The summed E-state index contributed by atoms with van der Waals surface area (Å²) in [7, 11) is 3.32. The first-order valence-electron chi connectivity index (χ1n) is 6.57. The van der Waals surface area contributed by atoms with Crippen molar-refractivity contribution in [1.29, 1.82) is 0 Å². The molecule has 0 aromatic heterocycles. The van der Waals surface area contributed by atoms with Gasteiger partial charge in [-0.1, -0.05) is 20.3 Å². The summed E-state index contributed by atoms with van der Waals surface area (Å²) in [5.41, 5.74) is 7.52. The van der Waals surface area contributed by atoms with Crippen LogP contribution in [0.2, 0.25) is 0 Å². The molecule has 0 radical (unpaired) electrons. The fourth-order valence-electron chi connectivity index (χ4n) is 3.12. The van der Waals surface area contributed by atoms with Crippen LogP contribution in [0.5, 0.6) is 11.5 Å². The molecular weight excluding hydrogens is 306 g/mol. The van der Waals surface area contributed by atoms with E-state index in [1.807, 2.05) is 12.1 Å². The van der Waals surface area contributed by atoms with Crippen molar-refractivity contribution >= 4 is 15.9 Å². The Labute approximate surface area is 123 Å². The maximum absolute atomic E-state index is 6.75. The smallest absolute Gasteiger partial charge is 0.141 e. The summed E-state index contributed by atoms with van der Waals surface area (Å²) in [5.74, 6) is 1.55. The second-order valence-electron chi connectivity index (χ2n) is 5.87. The Morgan fingerprint density at radius 3 is 2.32 bits per heavy atom. The van der Waals surface area contributed by atoms with Crippen molar-refractivity contribution in [3.8, 4) is 11.5 Å². The number of hydrogen-bond donors (Lipinski definition) is 1. The van der Waals surface area contributed by atoms with Gasteiger partial charge >= 0.3 is 0 Å². The quantitative estimate of drug-likeness (QED) is 0.917. The third-order valence-corrected chi connectivity index (χ3v) is 5.30. The van der Waals surface area contributed by atoms with E-state index in [1.165, 1.54) is 0 Å². The number of halogens is 1. The van der Waals surface area contributed by atoms with E-state index in [0.29, 0.717) is 0 Å². The SMILES string of the molecule is COc1ccc(C2(N)CCCC2(C)C)c(OC)c1Br. The van der Waals surface area contributed by atoms with Crippen molar-refractivity contribution in [2.45, 2.75) is 38.6 Å². The van der Waals surface area contributed by atoms with E-state index in [4.69, 9.17) is 15.2 Å². The molecule has 3 nitrogen and oxygen atoms in total. The molecule has 0 aliphatic heterocycles. The average Bonchev–Trinajstić information content (AvgIpc) is 2.64. The molecule has 1 aromatic rings. The molecule has 0 spiro atoms. The third-order valence-electron chi connectivity index (χ3n) is 4.55. The summed E-state index contributed by atoms with van der Waals surface area (Å²) < 4.78 is 11.7. The number of ether oxygens (including phenoxy) is 2. The van der Waals surface area contributed by atoms with Crippen LogP contribution in [-0.4, -0.2) is 14.2 Å². The van der Waals surface area contributed by atoms with Gasteiger partial charge in [-0.2, -0.15) is 0 Å². The van der Waals surface area contributed by atoms with Gasteiger partial charge < -0.3 is 15.2 Å². The maximum Gasteiger partial charge on any atom is 0.141 e. The monoisotopic (exact) mass is 327 g/mol. The molecule has 0 bridgehead atoms. The van der Waals surface area contributed by atoms with Crippen molar-refractivity contribution in [2.75, 3.05) is 14.2 Å². The Balaban J connectivity index is 2.60. The number of rotatable bonds is 3. The molecule has 0 heterocycles. The van der Waals surface area contributed by atoms with Gasteiger partial charge in [0, 0.05) is 11.1 Å². The fourth-order valence-corrected chi connectivity index (χ4v) is 3.79. The largest absolute Gasteiger partial charge is 0.495 e. The highest BCUT2D eigenvalue weighted by Gasteiger charge is 2.48. The van der Waals surface area contributed by atoms with Gasteiger partial charge in [0.15, 0.2) is 0 Å². The van der Waals surface area contributed by atoms with Crippen LogP contribution in [0.1, 0.15) is 38.7 Å². The lowest BCUT2D eigenvalue weighted by molar-refractivity contribution is 0.203. The zero-order chi connectivity index (χ0) is 14.3. The van der Waals surface area contributed by atoms with E-state index >= 15 is 0 Å². The molecule has 106 valence electrons. The second kappa shape index (κ2) is 4.98. The maximum atomic E-state index is 6.75. The molecular formula is C15H22BrNO2. The highest BCUT2D eigenvalue weighted by molar-refractivity contribution is 9.10. The zero-order valence-electron chi connectivity index (χ0n) is 12.0. The Bertz CT molecular complexity index is 487. The minimum absolute atomic E-state index is 0.0638. The van der Waals surface area contributed by atoms with Crippen LogP contribution in [0.3, 0.4) is 0 Å². The van der Waals surface area contributed by atoms with Gasteiger partial charge in [0.25, 0.3) is 0 Å². The van der Waals surface area contributed by atoms with E-state index < -0.39 is 0 Å². The predicted octanol–water partition coefficient (Wildman–Crippen LogP) is 3.83. The summed E-state index contributed by atoms with van der Waals surface area (Å²) in [4.78, 5) is 0. The Hall–Kier alpha value is -0.740. The molecule has 1 unspecified atom stereocenters. The zero-order valence-corrected chi connectivity index (χ0v) is 13.6.